The molecule has 12 heavy (non-hydrogen) atoms. The maximum absolute atomic E-state index is 5.48. The average molecular weight is 172 g/mol. The van der Waals surface area contributed by atoms with E-state index in [1.807, 2.05) is 0 Å². The molecule has 0 heterocycles. The van der Waals surface area contributed by atoms with Gasteiger partial charge >= 0.3 is 0 Å². The van der Waals surface area contributed by atoms with Crippen molar-refractivity contribution in [3.63, 3.8) is 0 Å². The number of rotatable bonds is 6. The van der Waals surface area contributed by atoms with Crippen molar-refractivity contribution in [2.75, 3.05) is 19.6 Å². The topological polar surface area (TPSA) is 29.3 Å². The Morgan fingerprint density at radius 3 is 2.17 bits per heavy atom. The second-order valence-electron chi connectivity index (χ2n) is 3.76. The molecule has 2 nitrogen and oxygen atoms in total. The smallest absolute Gasteiger partial charge is 0.00898 e. The van der Waals surface area contributed by atoms with Crippen molar-refractivity contribution >= 4 is 0 Å². The van der Waals surface area contributed by atoms with Crippen LogP contribution >= 0.6 is 0 Å². The van der Waals surface area contributed by atoms with E-state index in [0.717, 1.165) is 32.0 Å². The Labute approximate surface area is 77.1 Å². The summed E-state index contributed by atoms with van der Waals surface area (Å²) in [4.78, 5) is 2.50. The van der Waals surface area contributed by atoms with Gasteiger partial charge in [-0.05, 0) is 38.9 Å². The standard InChI is InChI=1S/C10H24N2/c1-5-12(8-6-7-11)10(4)9(2)3/h9-10H,5-8,11H2,1-4H3. The lowest BCUT2D eigenvalue weighted by molar-refractivity contribution is 0.176. The summed E-state index contributed by atoms with van der Waals surface area (Å²) < 4.78 is 0. The van der Waals surface area contributed by atoms with Crippen molar-refractivity contribution in [2.45, 2.75) is 40.2 Å². The van der Waals surface area contributed by atoms with Gasteiger partial charge in [0, 0.05) is 6.04 Å². The molecule has 1 atom stereocenters. The van der Waals surface area contributed by atoms with E-state index in [-0.39, 0.29) is 0 Å². The molecule has 0 aliphatic rings. The van der Waals surface area contributed by atoms with Crippen molar-refractivity contribution < 1.29 is 0 Å². The summed E-state index contributed by atoms with van der Waals surface area (Å²) in [6, 6.07) is 0.682. The molecule has 0 amide bonds. The van der Waals surface area contributed by atoms with Gasteiger partial charge in [-0.25, -0.2) is 0 Å². The summed E-state index contributed by atoms with van der Waals surface area (Å²) in [7, 11) is 0. The summed E-state index contributed by atoms with van der Waals surface area (Å²) >= 11 is 0. The molecule has 0 bridgehead atoms. The highest BCUT2D eigenvalue weighted by molar-refractivity contribution is 4.68. The Bertz CT molecular complexity index is 102. The Morgan fingerprint density at radius 2 is 1.83 bits per heavy atom. The first kappa shape index (κ1) is 11.9. The maximum atomic E-state index is 5.48. The zero-order chi connectivity index (χ0) is 9.56. The third-order valence-corrected chi connectivity index (χ3v) is 2.60. The lowest BCUT2D eigenvalue weighted by Gasteiger charge is -2.30. The van der Waals surface area contributed by atoms with E-state index in [0.29, 0.717) is 6.04 Å². The first-order valence-corrected chi connectivity index (χ1v) is 5.07. The Kier molecular flexibility index (Phi) is 6.39. The zero-order valence-electron chi connectivity index (χ0n) is 9.01. The van der Waals surface area contributed by atoms with Crippen LogP contribution in [-0.2, 0) is 0 Å². The summed E-state index contributed by atoms with van der Waals surface area (Å²) in [6.45, 7) is 12.2. The van der Waals surface area contributed by atoms with Crippen molar-refractivity contribution in [1.29, 1.82) is 0 Å². The summed E-state index contributed by atoms with van der Waals surface area (Å²) in [5.41, 5.74) is 5.48. The molecule has 0 saturated carbocycles. The minimum Gasteiger partial charge on any atom is -0.330 e. The molecule has 0 fully saturated rings. The van der Waals surface area contributed by atoms with Crippen LogP contribution in [0.25, 0.3) is 0 Å². The van der Waals surface area contributed by atoms with Crippen LogP contribution in [0.2, 0.25) is 0 Å². The van der Waals surface area contributed by atoms with Crippen molar-refractivity contribution in [2.24, 2.45) is 11.7 Å². The van der Waals surface area contributed by atoms with E-state index >= 15 is 0 Å². The molecule has 0 saturated heterocycles. The average Bonchev–Trinajstić information content (AvgIpc) is 2.05. The molecule has 0 radical (unpaired) electrons. The minimum atomic E-state index is 0.682. The first-order valence-electron chi connectivity index (χ1n) is 5.07. The van der Waals surface area contributed by atoms with Crippen LogP contribution in [-0.4, -0.2) is 30.6 Å². The first-order chi connectivity index (χ1) is 5.63. The third kappa shape index (κ3) is 4.07. The lowest BCUT2D eigenvalue weighted by atomic mass is 10.0. The molecule has 0 aromatic rings. The Balaban J connectivity index is 3.79. The van der Waals surface area contributed by atoms with E-state index in [1.54, 1.807) is 0 Å². The van der Waals surface area contributed by atoms with Gasteiger partial charge in [-0.1, -0.05) is 20.8 Å². The second-order valence-corrected chi connectivity index (χ2v) is 3.76. The fourth-order valence-electron chi connectivity index (χ4n) is 1.37. The molecule has 74 valence electrons. The molecule has 2 heteroatoms. The minimum absolute atomic E-state index is 0.682. The molecular weight excluding hydrogens is 148 g/mol. The molecule has 0 rings (SSSR count). The fourth-order valence-corrected chi connectivity index (χ4v) is 1.37. The van der Waals surface area contributed by atoms with E-state index < -0.39 is 0 Å². The molecule has 2 N–H and O–H groups in total. The summed E-state index contributed by atoms with van der Waals surface area (Å²) in [6.07, 6.45) is 1.12. The lowest BCUT2D eigenvalue weighted by Crippen LogP contribution is -2.37. The predicted molar refractivity (Wildman–Crippen MR) is 55.2 cm³/mol. The van der Waals surface area contributed by atoms with E-state index in [1.165, 1.54) is 0 Å². The molecule has 0 aromatic heterocycles. The normalized spacial score (nSPS) is 14.2. The van der Waals surface area contributed by atoms with Gasteiger partial charge in [0.05, 0.1) is 0 Å². The summed E-state index contributed by atoms with van der Waals surface area (Å²) in [5, 5.41) is 0. The molecule has 0 aliphatic heterocycles. The van der Waals surface area contributed by atoms with Crippen LogP contribution in [0.1, 0.15) is 34.1 Å². The van der Waals surface area contributed by atoms with Gasteiger partial charge in [0.15, 0.2) is 0 Å². The highest BCUT2D eigenvalue weighted by atomic mass is 15.1. The number of hydrogen-bond donors (Lipinski definition) is 1. The Hall–Kier alpha value is -0.0800. The monoisotopic (exact) mass is 172 g/mol. The van der Waals surface area contributed by atoms with Crippen LogP contribution < -0.4 is 5.73 Å². The van der Waals surface area contributed by atoms with Gasteiger partial charge in [0.2, 0.25) is 0 Å². The molecule has 0 aromatic carbocycles. The number of hydrogen-bond acceptors (Lipinski definition) is 2. The number of nitrogens with zero attached hydrogens (tertiary/aromatic N) is 1. The molecular formula is C10H24N2. The van der Waals surface area contributed by atoms with Gasteiger partial charge < -0.3 is 10.6 Å². The Morgan fingerprint density at radius 1 is 1.25 bits per heavy atom. The van der Waals surface area contributed by atoms with Gasteiger partial charge in [-0.2, -0.15) is 0 Å². The van der Waals surface area contributed by atoms with Crippen LogP contribution in [0.5, 0.6) is 0 Å². The third-order valence-electron chi connectivity index (χ3n) is 2.60. The van der Waals surface area contributed by atoms with E-state index in [4.69, 9.17) is 5.73 Å². The van der Waals surface area contributed by atoms with Crippen LogP contribution in [0.15, 0.2) is 0 Å². The van der Waals surface area contributed by atoms with Gasteiger partial charge in [-0.15, -0.1) is 0 Å². The SMILES string of the molecule is CCN(CCCN)C(C)C(C)C. The number of nitrogens with two attached hydrogens (primary N) is 1. The summed E-state index contributed by atoms with van der Waals surface area (Å²) in [5.74, 6) is 0.739. The maximum Gasteiger partial charge on any atom is 0.00898 e. The predicted octanol–water partition coefficient (Wildman–Crippen LogP) is 1.70. The molecule has 0 aliphatic carbocycles. The highest BCUT2D eigenvalue weighted by Crippen LogP contribution is 2.09. The van der Waals surface area contributed by atoms with Gasteiger partial charge in [0.1, 0.15) is 0 Å². The fraction of sp³-hybridized carbons (Fsp3) is 1.00. The van der Waals surface area contributed by atoms with Crippen molar-refractivity contribution in [3.8, 4) is 0 Å². The van der Waals surface area contributed by atoms with Crippen LogP contribution in [0.3, 0.4) is 0 Å². The largest absolute Gasteiger partial charge is 0.330 e. The van der Waals surface area contributed by atoms with Crippen molar-refractivity contribution in [3.05, 3.63) is 0 Å². The van der Waals surface area contributed by atoms with Crippen LogP contribution in [0.4, 0.5) is 0 Å². The molecule has 1 unspecified atom stereocenters. The molecule has 0 spiro atoms. The van der Waals surface area contributed by atoms with Gasteiger partial charge in [-0.3, -0.25) is 0 Å². The van der Waals surface area contributed by atoms with E-state index in [2.05, 4.69) is 32.6 Å². The van der Waals surface area contributed by atoms with Crippen LogP contribution in [0, 0.1) is 5.92 Å². The van der Waals surface area contributed by atoms with E-state index in [9.17, 15) is 0 Å². The quantitative estimate of drug-likeness (QED) is 0.661. The zero-order valence-corrected chi connectivity index (χ0v) is 9.01. The highest BCUT2D eigenvalue weighted by Gasteiger charge is 2.13. The second kappa shape index (κ2) is 6.44. The van der Waals surface area contributed by atoms with Crippen molar-refractivity contribution in [1.82, 2.24) is 4.90 Å². The van der Waals surface area contributed by atoms with Gasteiger partial charge in [0.25, 0.3) is 0 Å².